The molecule has 1 amide bonds. The lowest BCUT2D eigenvalue weighted by atomic mass is 10.2. The quantitative estimate of drug-likeness (QED) is 0.786. The van der Waals surface area contributed by atoms with Gasteiger partial charge in [0, 0.05) is 19.3 Å². The highest BCUT2D eigenvalue weighted by Gasteiger charge is 2.09. The van der Waals surface area contributed by atoms with E-state index in [1.807, 2.05) is 0 Å². The first kappa shape index (κ1) is 15.1. The van der Waals surface area contributed by atoms with Crippen LogP contribution in [0, 0.1) is 0 Å². The van der Waals surface area contributed by atoms with E-state index in [1.54, 1.807) is 18.3 Å². The van der Waals surface area contributed by atoms with Crippen LogP contribution in [0.4, 0.5) is 0 Å². The smallest absolute Gasteiger partial charge is 0.254 e. The lowest BCUT2D eigenvalue weighted by Gasteiger charge is -2.19. The summed E-state index contributed by atoms with van der Waals surface area (Å²) in [4.78, 5) is 18.2. The summed E-state index contributed by atoms with van der Waals surface area (Å²) in [5.41, 5.74) is 0.580. The van der Waals surface area contributed by atoms with Crippen molar-refractivity contribution >= 4 is 21.8 Å². The molecule has 0 atom stereocenters. The number of likely N-dealkylation sites (N-methyl/N-ethyl adjacent to an activating group) is 1. The SMILES string of the molecule is CCCN(CC)CCNC(=O)c1cccnc1Br. The summed E-state index contributed by atoms with van der Waals surface area (Å²) >= 11 is 3.27. The molecular formula is C13H20BrN3O. The fraction of sp³-hybridized carbons (Fsp3) is 0.538. The maximum absolute atomic E-state index is 11.9. The molecule has 18 heavy (non-hydrogen) atoms. The van der Waals surface area contributed by atoms with E-state index in [0.29, 0.717) is 16.7 Å². The average molecular weight is 314 g/mol. The minimum Gasteiger partial charge on any atom is -0.351 e. The zero-order valence-corrected chi connectivity index (χ0v) is 12.5. The summed E-state index contributed by atoms with van der Waals surface area (Å²) in [6, 6.07) is 3.52. The molecule has 1 aromatic rings. The molecule has 0 bridgehead atoms. The molecule has 5 heteroatoms. The van der Waals surface area contributed by atoms with Gasteiger partial charge in [0.05, 0.1) is 5.56 Å². The van der Waals surface area contributed by atoms with E-state index in [0.717, 1.165) is 26.1 Å². The summed E-state index contributed by atoms with van der Waals surface area (Å²) < 4.78 is 0.586. The van der Waals surface area contributed by atoms with Gasteiger partial charge in [-0.1, -0.05) is 13.8 Å². The largest absolute Gasteiger partial charge is 0.351 e. The van der Waals surface area contributed by atoms with Gasteiger partial charge in [-0.05, 0) is 47.6 Å². The maximum Gasteiger partial charge on any atom is 0.254 e. The van der Waals surface area contributed by atoms with Crippen molar-refractivity contribution in [1.82, 2.24) is 15.2 Å². The fourth-order valence-corrected chi connectivity index (χ4v) is 2.15. The van der Waals surface area contributed by atoms with Crippen LogP contribution in [0.15, 0.2) is 22.9 Å². The number of carbonyl (C=O) groups excluding carboxylic acids is 1. The van der Waals surface area contributed by atoms with Gasteiger partial charge < -0.3 is 10.2 Å². The summed E-state index contributed by atoms with van der Waals surface area (Å²) in [5, 5.41) is 2.91. The van der Waals surface area contributed by atoms with E-state index >= 15 is 0 Å². The minimum absolute atomic E-state index is 0.0810. The highest BCUT2D eigenvalue weighted by atomic mass is 79.9. The molecule has 1 aromatic heterocycles. The van der Waals surface area contributed by atoms with Crippen molar-refractivity contribution in [2.24, 2.45) is 0 Å². The second-order valence-corrected chi connectivity index (χ2v) is 4.78. The summed E-state index contributed by atoms with van der Waals surface area (Å²) in [6.07, 6.45) is 2.79. The van der Waals surface area contributed by atoms with E-state index < -0.39 is 0 Å². The molecule has 0 unspecified atom stereocenters. The van der Waals surface area contributed by atoms with Gasteiger partial charge in [-0.25, -0.2) is 4.98 Å². The van der Waals surface area contributed by atoms with E-state index in [4.69, 9.17) is 0 Å². The first-order valence-corrected chi connectivity index (χ1v) is 7.09. The Morgan fingerprint density at radius 3 is 2.83 bits per heavy atom. The lowest BCUT2D eigenvalue weighted by molar-refractivity contribution is 0.0947. The van der Waals surface area contributed by atoms with Gasteiger partial charge in [-0.2, -0.15) is 0 Å². The zero-order chi connectivity index (χ0) is 13.4. The van der Waals surface area contributed by atoms with Crippen LogP contribution in [0.3, 0.4) is 0 Å². The Kier molecular flexibility index (Phi) is 6.90. The van der Waals surface area contributed by atoms with Crippen LogP contribution in [0.2, 0.25) is 0 Å². The van der Waals surface area contributed by atoms with Crippen LogP contribution in [0.25, 0.3) is 0 Å². The number of pyridine rings is 1. The number of hydrogen-bond acceptors (Lipinski definition) is 3. The van der Waals surface area contributed by atoms with Crippen LogP contribution < -0.4 is 5.32 Å². The van der Waals surface area contributed by atoms with Gasteiger partial charge in [0.15, 0.2) is 0 Å². The predicted octanol–water partition coefficient (Wildman–Crippen LogP) is 2.31. The Labute approximate surface area is 117 Å². The molecule has 0 aromatic carbocycles. The van der Waals surface area contributed by atoms with E-state index in [1.165, 1.54) is 0 Å². The van der Waals surface area contributed by atoms with Crippen molar-refractivity contribution < 1.29 is 4.79 Å². The summed E-state index contributed by atoms with van der Waals surface area (Å²) in [6.45, 7) is 7.93. The number of aromatic nitrogens is 1. The van der Waals surface area contributed by atoms with Gasteiger partial charge in [0.2, 0.25) is 0 Å². The van der Waals surface area contributed by atoms with Crippen molar-refractivity contribution in [3.8, 4) is 0 Å². The predicted molar refractivity (Wildman–Crippen MR) is 76.7 cm³/mol. The number of halogens is 1. The van der Waals surface area contributed by atoms with E-state index in [9.17, 15) is 4.79 Å². The number of rotatable bonds is 7. The molecule has 0 radical (unpaired) electrons. The third-order valence-electron chi connectivity index (χ3n) is 2.70. The fourth-order valence-electron chi connectivity index (χ4n) is 1.72. The highest BCUT2D eigenvalue weighted by Crippen LogP contribution is 2.11. The molecule has 0 spiro atoms. The minimum atomic E-state index is -0.0810. The topological polar surface area (TPSA) is 45.2 Å². The number of nitrogens with zero attached hydrogens (tertiary/aromatic N) is 2. The van der Waals surface area contributed by atoms with Gasteiger partial charge in [-0.15, -0.1) is 0 Å². The van der Waals surface area contributed by atoms with Crippen LogP contribution in [0.1, 0.15) is 30.6 Å². The molecule has 0 aliphatic heterocycles. The zero-order valence-electron chi connectivity index (χ0n) is 10.9. The van der Waals surface area contributed by atoms with Gasteiger partial charge in [0.25, 0.3) is 5.91 Å². The first-order chi connectivity index (χ1) is 8.69. The van der Waals surface area contributed by atoms with Crippen molar-refractivity contribution in [3.05, 3.63) is 28.5 Å². The molecule has 0 fully saturated rings. The number of amides is 1. The Morgan fingerprint density at radius 2 is 2.22 bits per heavy atom. The van der Waals surface area contributed by atoms with E-state index in [2.05, 4.69) is 45.0 Å². The normalized spacial score (nSPS) is 10.7. The number of nitrogens with one attached hydrogen (secondary N) is 1. The molecule has 100 valence electrons. The Bertz CT molecular complexity index is 384. The first-order valence-electron chi connectivity index (χ1n) is 6.30. The molecular weight excluding hydrogens is 294 g/mol. The average Bonchev–Trinajstić information content (AvgIpc) is 2.38. The number of hydrogen-bond donors (Lipinski definition) is 1. The maximum atomic E-state index is 11.9. The monoisotopic (exact) mass is 313 g/mol. The highest BCUT2D eigenvalue weighted by molar-refractivity contribution is 9.10. The van der Waals surface area contributed by atoms with Gasteiger partial charge in [-0.3, -0.25) is 4.79 Å². The van der Waals surface area contributed by atoms with Crippen molar-refractivity contribution in [2.45, 2.75) is 20.3 Å². The van der Waals surface area contributed by atoms with Crippen LogP contribution in [-0.2, 0) is 0 Å². The van der Waals surface area contributed by atoms with Crippen LogP contribution in [-0.4, -0.2) is 42.0 Å². The lowest BCUT2D eigenvalue weighted by Crippen LogP contribution is -2.35. The molecule has 4 nitrogen and oxygen atoms in total. The Morgan fingerprint density at radius 1 is 1.44 bits per heavy atom. The van der Waals surface area contributed by atoms with Crippen LogP contribution >= 0.6 is 15.9 Å². The molecule has 0 saturated heterocycles. The van der Waals surface area contributed by atoms with Gasteiger partial charge in [0.1, 0.15) is 4.60 Å². The summed E-state index contributed by atoms with van der Waals surface area (Å²) in [5.74, 6) is -0.0810. The Hall–Kier alpha value is -0.940. The second kappa shape index (κ2) is 8.21. The third kappa shape index (κ3) is 4.74. The summed E-state index contributed by atoms with van der Waals surface area (Å²) in [7, 11) is 0. The molecule has 0 saturated carbocycles. The van der Waals surface area contributed by atoms with Crippen LogP contribution in [0.5, 0.6) is 0 Å². The Balaban J connectivity index is 2.40. The molecule has 1 heterocycles. The van der Waals surface area contributed by atoms with Crippen molar-refractivity contribution in [3.63, 3.8) is 0 Å². The number of carbonyl (C=O) groups is 1. The second-order valence-electron chi connectivity index (χ2n) is 4.03. The third-order valence-corrected chi connectivity index (χ3v) is 3.34. The molecule has 0 aliphatic rings. The van der Waals surface area contributed by atoms with Gasteiger partial charge >= 0.3 is 0 Å². The molecule has 1 rings (SSSR count). The molecule has 0 aliphatic carbocycles. The van der Waals surface area contributed by atoms with E-state index in [-0.39, 0.29) is 5.91 Å². The standard InChI is InChI=1S/C13H20BrN3O/c1-3-9-17(4-2)10-8-16-13(18)11-6-5-7-15-12(11)14/h5-7H,3-4,8-10H2,1-2H3,(H,16,18). The molecule has 1 N–H and O–H groups in total. The van der Waals surface area contributed by atoms with Crippen molar-refractivity contribution in [2.75, 3.05) is 26.2 Å². The van der Waals surface area contributed by atoms with Crippen molar-refractivity contribution in [1.29, 1.82) is 0 Å².